The van der Waals surface area contributed by atoms with Crippen LogP contribution in [0.1, 0.15) is 18.5 Å². The van der Waals surface area contributed by atoms with Crippen LogP contribution in [-0.4, -0.2) is 58.3 Å². The van der Waals surface area contributed by atoms with Gasteiger partial charge in [0.05, 0.1) is 10.6 Å². The molecule has 3 rings (SSSR count). The Bertz CT molecular complexity index is 774. The molecule has 1 saturated heterocycles. The summed E-state index contributed by atoms with van der Waals surface area (Å²) in [5.41, 5.74) is 1.95. The number of nitro benzene ring substituents is 1. The van der Waals surface area contributed by atoms with Crippen LogP contribution in [0.4, 0.5) is 11.4 Å². The van der Waals surface area contributed by atoms with E-state index in [4.69, 9.17) is 0 Å². The molecule has 1 aliphatic rings. The van der Waals surface area contributed by atoms with E-state index in [1.807, 2.05) is 23.1 Å². The van der Waals surface area contributed by atoms with Gasteiger partial charge < -0.3 is 10.2 Å². The van der Waals surface area contributed by atoms with Gasteiger partial charge in [0.1, 0.15) is 0 Å². The van der Waals surface area contributed by atoms with Gasteiger partial charge in [-0.15, -0.1) is 0 Å². The molecule has 0 bridgehead atoms. The summed E-state index contributed by atoms with van der Waals surface area (Å²) < 4.78 is 0. The molecule has 1 aromatic carbocycles. The smallest absolute Gasteiger partial charge is 0.269 e. The molecule has 0 spiro atoms. The molecule has 1 aliphatic heterocycles. The van der Waals surface area contributed by atoms with Gasteiger partial charge in [-0.3, -0.25) is 24.8 Å². The number of amides is 1. The van der Waals surface area contributed by atoms with E-state index in [0.717, 1.165) is 50.5 Å². The zero-order chi connectivity index (χ0) is 19.8. The molecule has 0 atom stereocenters. The zero-order valence-electron chi connectivity index (χ0n) is 15.8. The normalized spacial score (nSPS) is 14.6. The zero-order valence-corrected chi connectivity index (χ0v) is 15.8. The number of hydrogen-bond acceptors (Lipinski definition) is 6. The van der Waals surface area contributed by atoms with E-state index in [0.29, 0.717) is 13.0 Å². The highest BCUT2D eigenvalue weighted by atomic mass is 16.6. The summed E-state index contributed by atoms with van der Waals surface area (Å²) in [6.07, 6.45) is 3.03. The number of non-ortho nitro benzene ring substituents is 1. The van der Waals surface area contributed by atoms with Gasteiger partial charge in [0.25, 0.3) is 5.69 Å². The summed E-state index contributed by atoms with van der Waals surface area (Å²) in [4.78, 5) is 31.2. The Morgan fingerprint density at radius 3 is 2.50 bits per heavy atom. The highest BCUT2D eigenvalue weighted by Gasteiger charge is 2.20. The quantitative estimate of drug-likeness (QED) is 0.428. The van der Waals surface area contributed by atoms with E-state index in [9.17, 15) is 14.9 Å². The predicted molar refractivity (Wildman–Crippen MR) is 107 cm³/mol. The molecule has 1 amide bonds. The van der Waals surface area contributed by atoms with E-state index in [1.54, 1.807) is 18.3 Å². The van der Waals surface area contributed by atoms with Crippen LogP contribution in [0.5, 0.6) is 0 Å². The minimum atomic E-state index is -0.418. The molecule has 28 heavy (non-hydrogen) atoms. The number of anilines is 1. The monoisotopic (exact) mass is 383 g/mol. The second-order valence-electron chi connectivity index (χ2n) is 6.81. The van der Waals surface area contributed by atoms with Crippen molar-refractivity contribution >= 4 is 17.3 Å². The minimum absolute atomic E-state index is 0.0721. The largest absolute Gasteiger partial charge is 0.385 e. The van der Waals surface area contributed by atoms with Crippen molar-refractivity contribution in [3.8, 4) is 0 Å². The molecular formula is C20H25N5O3. The lowest BCUT2D eigenvalue weighted by atomic mass is 10.2. The van der Waals surface area contributed by atoms with Gasteiger partial charge in [-0.05, 0) is 30.7 Å². The number of nitro groups is 1. The van der Waals surface area contributed by atoms with Crippen LogP contribution in [0.3, 0.4) is 0 Å². The third-order valence-electron chi connectivity index (χ3n) is 4.81. The number of nitrogens with one attached hydrogen (secondary N) is 1. The SMILES string of the molecule is O=C(CCCNc1ccc([N+](=O)[O-])cc1)N1CCN(Cc2ccccn2)CC1. The molecule has 0 radical (unpaired) electrons. The molecule has 2 aromatic rings. The lowest BCUT2D eigenvalue weighted by Crippen LogP contribution is -2.48. The van der Waals surface area contributed by atoms with E-state index in [-0.39, 0.29) is 11.6 Å². The van der Waals surface area contributed by atoms with Crippen LogP contribution in [0, 0.1) is 10.1 Å². The second-order valence-corrected chi connectivity index (χ2v) is 6.81. The first kappa shape index (κ1) is 19.8. The van der Waals surface area contributed by atoms with Crippen molar-refractivity contribution in [2.45, 2.75) is 19.4 Å². The van der Waals surface area contributed by atoms with Crippen molar-refractivity contribution in [1.82, 2.24) is 14.8 Å². The first-order valence-electron chi connectivity index (χ1n) is 9.50. The highest BCUT2D eigenvalue weighted by Crippen LogP contribution is 2.15. The van der Waals surface area contributed by atoms with Crippen LogP contribution >= 0.6 is 0 Å². The summed E-state index contributed by atoms with van der Waals surface area (Å²) in [5.74, 6) is 0.183. The van der Waals surface area contributed by atoms with E-state index in [2.05, 4.69) is 15.2 Å². The second kappa shape index (κ2) is 9.80. The molecule has 0 aliphatic carbocycles. The van der Waals surface area contributed by atoms with Gasteiger partial charge in [0.2, 0.25) is 5.91 Å². The van der Waals surface area contributed by atoms with Gasteiger partial charge in [0.15, 0.2) is 0 Å². The van der Waals surface area contributed by atoms with Crippen LogP contribution in [0.25, 0.3) is 0 Å². The summed E-state index contributed by atoms with van der Waals surface area (Å²) in [7, 11) is 0. The first-order chi connectivity index (χ1) is 13.6. The number of pyridine rings is 1. The van der Waals surface area contributed by atoms with E-state index >= 15 is 0 Å². The molecule has 8 nitrogen and oxygen atoms in total. The van der Waals surface area contributed by atoms with Gasteiger partial charge in [-0.1, -0.05) is 6.07 Å². The first-order valence-corrected chi connectivity index (χ1v) is 9.50. The molecule has 1 aromatic heterocycles. The van der Waals surface area contributed by atoms with Crippen LogP contribution < -0.4 is 5.32 Å². The molecule has 0 saturated carbocycles. The molecule has 0 unspecified atom stereocenters. The number of carbonyl (C=O) groups excluding carboxylic acids is 1. The number of aromatic nitrogens is 1. The summed E-state index contributed by atoms with van der Waals surface area (Å²) in [6.45, 7) is 4.71. The third-order valence-corrected chi connectivity index (χ3v) is 4.81. The average molecular weight is 383 g/mol. The number of rotatable bonds is 8. The molecule has 2 heterocycles. The standard InChI is InChI=1S/C20H25N5O3/c26-20(5-3-11-21-17-6-8-19(9-7-17)25(27)28)24-14-12-23(13-15-24)16-18-4-1-2-10-22-18/h1-2,4,6-10,21H,3,5,11-16H2. The average Bonchev–Trinajstić information content (AvgIpc) is 2.72. The molecule has 148 valence electrons. The van der Waals surface area contributed by atoms with Crippen LogP contribution in [0.2, 0.25) is 0 Å². The summed E-state index contributed by atoms with van der Waals surface area (Å²) in [6, 6.07) is 12.2. The Morgan fingerprint density at radius 1 is 1.11 bits per heavy atom. The van der Waals surface area contributed by atoms with Crippen LogP contribution in [0.15, 0.2) is 48.7 Å². The van der Waals surface area contributed by atoms with Crippen molar-refractivity contribution in [1.29, 1.82) is 0 Å². The minimum Gasteiger partial charge on any atom is -0.385 e. The molecule has 1 N–H and O–H groups in total. The summed E-state index contributed by atoms with van der Waals surface area (Å²) >= 11 is 0. The fourth-order valence-corrected chi connectivity index (χ4v) is 3.21. The maximum Gasteiger partial charge on any atom is 0.269 e. The topological polar surface area (TPSA) is 91.6 Å². The Balaban J connectivity index is 1.33. The molecular weight excluding hydrogens is 358 g/mol. The van der Waals surface area contributed by atoms with Gasteiger partial charge in [-0.25, -0.2) is 0 Å². The molecule has 8 heteroatoms. The lowest BCUT2D eigenvalue weighted by molar-refractivity contribution is -0.384. The Labute approximate surface area is 164 Å². The Kier molecular flexibility index (Phi) is 6.91. The summed E-state index contributed by atoms with van der Waals surface area (Å²) in [5, 5.41) is 13.8. The lowest BCUT2D eigenvalue weighted by Gasteiger charge is -2.34. The van der Waals surface area contributed by atoms with Crippen molar-refractivity contribution in [3.05, 3.63) is 64.5 Å². The maximum absolute atomic E-state index is 12.4. The highest BCUT2D eigenvalue weighted by molar-refractivity contribution is 5.76. The maximum atomic E-state index is 12.4. The number of piperazine rings is 1. The number of benzene rings is 1. The van der Waals surface area contributed by atoms with Gasteiger partial charge in [-0.2, -0.15) is 0 Å². The Morgan fingerprint density at radius 2 is 1.86 bits per heavy atom. The molecule has 1 fully saturated rings. The number of carbonyl (C=O) groups is 1. The third kappa shape index (κ3) is 5.75. The van der Waals surface area contributed by atoms with Gasteiger partial charge in [0, 0.05) is 69.7 Å². The van der Waals surface area contributed by atoms with E-state index in [1.165, 1.54) is 12.1 Å². The van der Waals surface area contributed by atoms with Gasteiger partial charge >= 0.3 is 0 Å². The van der Waals surface area contributed by atoms with E-state index < -0.39 is 4.92 Å². The van der Waals surface area contributed by atoms with Crippen LogP contribution in [-0.2, 0) is 11.3 Å². The van der Waals surface area contributed by atoms with Crippen molar-refractivity contribution < 1.29 is 9.72 Å². The van der Waals surface area contributed by atoms with Crippen molar-refractivity contribution in [3.63, 3.8) is 0 Å². The fourth-order valence-electron chi connectivity index (χ4n) is 3.21. The van der Waals surface area contributed by atoms with Crippen molar-refractivity contribution in [2.75, 3.05) is 38.0 Å². The number of nitrogens with zero attached hydrogens (tertiary/aromatic N) is 4. The predicted octanol–water partition coefficient (Wildman–Crippen LogP) is 2.53. The number of hydrogen-bond donors (Lipinski definition) is 1. The Hall–Kier alpha value is -3.00. The van der Waals surface area contributed by atoms with Crippen molar-refractivity contribution in [2.24, 2.45) is 0 Å². The fraction of sp³-hybridized carbons (Fsp3) is 0.400.